The van der Waals surface area contributed by atoms with Crippen molar-refractivity contribution in [1.82, 2.24) is 10.3 Å². The van der Waals surface area contributed by atoms with E-state index in [1.165, 1.54) is 0 Å². The molecule has 4 rings (SSSR count). The fourth-order valence-corrected chi connectivity index (χ4v) is 4.80. The molecule has 0 radical (unpaired) electrons. The zero-order chi connectivity index (χ0) is 23.9. The van der Waals surface area contributed by atoms with Crippen LogP contribution in [-0.2, 0) is 11.3 Å². The third-order valence-electron chi connectivity index (χ3n) is 5.25. The summed E-state index contributed by atoms with van der Waals surface area (Å²) < 4.78 is 5.62. The predicted molar refractivity (Wildman–Crippen MR) is 136 cm³/mol. The van der Waals surface area contributed by atoms with Crippen molar-refractivity contribution in [3.05, 3.63) is 101 Å². The molecule has 3 aromatic carbocycles. The number of nitrogens with one attached hydrogen (secondary N) is 1. The van der Waals surface area contributed by atoms with Crippen molar-refractivity contribution in [2.24, 2.45) is 5.10 Å². The van der Waals surface area contributed by atoms with Crippen LogP contribution in [-0.4, -0.2) is 34.8 Å². The molecule has 1 aliphatic rings. The molecular formula is C27H27N3O3S. The van der Waals surface area contributed by atoms with Crippen LogP contribution in [0.2, 0.25) is 0 Å². The molecule has 1 heterocycles. The maximum absolute atomic E-state index is 12.5. The molecule has 0 aromatic heterocycles. The summed E-state index contributed by atoms with van der Waals surface area (Å²) >= 11 is 1.60. The Bertz CT molecular complexity index is 1150. The van der Waals surface area contributed by atoms with E-state index < -0.39 is 0 Å². The largest absolute Gasteiger partial charge is 0.491 e. The highest BCUT2D eigenvalue weighted by Crippen LogP contribution is 2.39. The van der Waals surface area contributed by atoms with E-state index in [1.54, 1.807) is 30.1 Å². The Labute approximate surface area is 204 Å². The highest BCUT2D eigenvalue weighted by atomic mass is 32.2. The van der Waals surface area contributed by atoms with E-state index in [4.69, 9.17) is 4.74 Å². The highest BCUT2D eigenvalue weighted by molar-refractivity contribution is 8.00. The SMILES string of the molecule is CC(C)Oc1ccc(/C=N\NC(=O)c2ccc([C@H]3SCC(=O)N3Cc3ccccc3)cc2)cc1. The second-order valence-corrected chi connectivity index (χ2v) is 9.30. The average molecular weight is 474 g/mol. The van der Waals surface area contributed by atoms with Crippen molar-refractivity contribution in [2.45, 2.75) is 31.9 Å². The molecule has 1 N–H and O–H groups in total. The van der Waals surface area contributed by atoms with E-state index in [1.807, 2.05) is 85.5 Å². The Morgan fingerprint density at radius 2 is 1.79 bits per heavy atom. The number of nitrogens with zero attached hydrogens (tertiary/aromatic N) is 2. The van der Waals surface area contributed by atoms with Gasteiger partial charge < -0.3 is 9.64 Å². The van der Waals surface area contributed by atoms with Crippen LogP contribution in [0.1, 0.15) is 46.3 Å². The molecule has 3 aromatic rings. The minimum Gasteiger partial charge on any atom is -0.491 e. The zero-order valence-electron chi connectivity index (χ0n) is 19.2. The molecule has 1 atom stereocenters. The first-order chi connectivity index (χ1) is 16.5. The molecule has 34 heavy (non-hydrogen) atoms. The van der Waals surface area contributed by atoms with Gasteiger partial charge in [-0.2, -0.15) is 5.10 Å². The molecule has 1 saturated heterocycles. The number of hydrogen-bond acceptors (Lipinski definition) is 5. The number of hydrazone groups is 1. The quantitative estimate of drug-likeness (QED) is 0.369. The Hall–Kier alpha value is -3.58. The van der Waals surface area contributed by atoms with E-state index in [9.17, 15) is 9.59 Å². The van der Waals surface area contributed by atoms with Crippen molar-refractivity contribution < 1.29 is 14.3 Å². The van der Waals surface area contributed by atoms with Gasteiger partial charge in [0, 0.05) is 12.1 Å². The van der Waals surface area contributed by atoms with Crippen molar-refractivity contribution in [3.8, 4) is 5.75 Å². The van der Waals surface area contributed by atoms with Crippen molar-refractivity contribution in [3.63, 3.8) is 0 Å². The lowest BCUT2D eigenvalue weighted by molar-refractivity contribution is -0.128. The predicted octanol–water partition coefficient (Wildman–Crippen LogP) is 5.01. The maximum atomic E-state index is 12.5. The minimum atomic E-state index is -0.293. The van der Waals surface area contributed by atoms with Crippen LogP contribution in [0.25, 0.3) is 0 Å². The monoisotopic (exact) mass is 473 g/mol. The van der Waals surface area contributed by atoms with Gasteiger partial charge >= 0.3 is 0 Å². The van der Waals surface area contributed by atoms with E-state index in [2.05, 4.69) is 10.5 Å². The van der Waals surface area contributed by atoms with Gasteiger partial charge in [0.15, 0.2) is 0 Å². The van der Waals surface area contributed by atoms with Gasteiger partial charge in [0.25, 0.3) is 5.91 Å². The number of ether oxygens (including phenoxy) is 1. The van der Waals surface area contributed by atoms with Crippen LogP contribution in [0.15, 0.2) is 84.0 Å². The van der Waals surface area contributed by atoms with Crippen LogP contribution in [0, 0.1) is 0 Å². The fourth-order valence-electron chi connectivity index (χ4n) is 3.62. The van der Waals surface area contributed by atoms with Gasteiger partial charge in [0.1, 0.15) is 11.1 Å². The lowest BCUT2D eigenvalue weighted by atomic mass is 10.1. The Morgan fingerprint density at radius 3 is 2.47 bits per heavy atom. The van der Waals surface area contributed by atoms with E-state index >= 15 is 0 Å². The first kappa shape index (κ1) is 23.6. The molecule has 2 amide bonds. The van der Waals surface area contributed by atoms with Crippen LogP contribution in [0.3, 0.4) is 0 Å². The van der Waals surface area contributed by atoms with Crippen molar-refractivity contribution >= 4 is 29.8 Å². The summed E-state index contributed by atoms with van der Waals surface area (Å²) in [5, 5.41) is 3.99. The summed E-state index contributed by atoms with van der Waals surface area (Å²) in [4.78, 5) is 26.8. The smallest absolute Gasteiger partial charge is 0.271 e. The van der Waals surface area contributed by atoms with Crippen LogP contribution in [0.4, 0.5) is 0 Å². The zero-order valence-corrected chi connectivity index (χ0v) is 20.0. The number of hydrogen-bond donors (Lipinski definition) is 1. The number of thioether (sulfide) groups is 1. The van der Waals surface area contributed by atoms with Gasteiger partial charge in [-0.15, -0.1) is 11.8 Å². The average Bonchev–Trinajstić information content (AvgIpc) is 3.20. The summed E-state index contributed by atoms with van der Waals surface area (Å²) in [6, 6.07) is 24.8. The molecule has 0 unspecified atom stereocenters. The van der Waals surface area contributed by atoms with E-state index in [-0.39, 0.29) is 23.3 Å². The molecular weight excluding hydrogens is 446 g/mol. The molecule has 1 fully saturated rings. The second-order valence-electron chi connectivity index (χ2n) is 8.23. The third kappa shape index (κ3) is 6.05. The van der Waals surface area contributed by atoms with Gasteiger partial charge in [-0.1, -0.05) is 42.5 Å². The van der Waals surface area contributed by atoms with E-state index in [0.29, 0.717) is 17.9 Å². The number of benzene rings is 3. The maximum Gasteiger partial charge on any atom is 0.271 e. The standard InChI is InChI=1S/C27H27N3O3S/c1-19(2)33-24-14-8-20(9-15-24)16-28-29-26(32)22-10-12-23(13-11-22)27-30(25(31)18-34-27)17-21-6-4-3-5-7-21/h3-16,19,27H,17-18H2,1-2H3,(H,29,32)/b28-16-/t27-/m1/s1. The topological polar surface area (TPSA) is 71.0 Å². The highest BCUT2D eigenvalue weighted by Gasteiger charge is 2.32. The van der Waals surface area contributed by atoms with Crippen LogP contribution < -0.4 is 10.2 Å². The first-order valence-corrected chi connectivity index (χ1v) is 12.2. The third-order valence-corrected chi connectivity index (χ3v) is 6.51. The molecule has 6 nitrogen and oxygen atoms in total. The van der Waals surface area contributed by atoms with Gasteiger partial charge in [-0.25, -0.2) is 5.43 Å². The number of amides is 2. The summed E-state index contributed by atoms with van der Waals surface area (Å²) in [5.74, 6) is 1.08. The number of rotatable bonds is 8. The van der Waals surface area contributed by atoms with Crippen molar-refractivity contribution in [2.75, 3.05) is 5.75 Å². The van der Waals surface area contributed by atoms with Gasteiger partial charge in [-0.05, 0) is 66.9 Å². The molecule has 1 aliphatic heterocycles. The Morgan fingerprint density at radius 1 is 1.09 bits per heavy atom. The summed E-state index contributed by atoms with van der Waals surface area (Å²) in [7, 11) is 0. The molecule has 0 spiro atoms. The number of carbonyl (C=O) groups excluding carboxylic acids is 2. The molecule has 174 valence electrons. The summed E-state index contributed by atoms with van der Waals surface area (Å²) in [5.41, 5.74) is 6.01. The summed E-state index contributed by atoms with van der Waals surface area (Å²) in [6.45, 7) is 4.52. The van der Waals surface area contributed by atoms with Gasteiger partial charge in [0.2, 0.25) is 5.91 Å². The molecule has 0 saturated carbocycles. The lowest BCUT2D eigenvalue weighted by Crippen LogP contribution is -2.27. The van der Waals surface area contributed by atoms with Crippen LogP contribution in [0.5, 0.6) is 5.75 Å². The molecule has 0 bridgehead atoms. The van der Waals surface area contributed by atoms with Gasteiger partial charge in [0.05, 0.1) is 18.1 Å². The van der Waals surface area contributed by atoms with Crippen molar-refractivity contribution in [1.29, 1.82) is 0 Å². The fraction of sp³-hybridized carbons (Fsp3) is 0.222. The first-order valence-electron chi connectivity index (χ1n) is 11.1. The number of carbonyl (C=O) groups is 2. The van der Waals surface area contributed by atoms with Gasteiger partial charge in [-0.3, -0.25) is 9.59 Å². The Balaban J connectivity index is 1.35. The Kier molecular flexibility index (Phi) is 7.65. The molecule has 0 aliphatic carbocycles. The molecule has 7 heteroatoms. The second kappa shape index (κ2) is 11.0. The minimum absolute atomic E-state index is 0.0644. The van der Waals surface area contributed by atoms with E-state index in [0.717, 1.165) is 22.4 Å². The lowest BCUT2D eigenvalue weighted by Gasteiger charge is -2.24. The van der Waals surface area contributed by atoms with Crippen LogP contribution >= 0.6 is 11.8 Å². The normalized spacial score (nSPS) is 15.8. The summed E-state index contributed by atoms with van der Waals surface area (Å²) in [6.07, 6.45) is 1.71.